The molecule has 0 aliphatic carbocycles. The van der Waals surface area contributed by atoms with Gasteiger partial charge in [0.1, 0.15) is 0 Å². The molecular weight excluding hydrogens is 258 g/mol. The highest BCUT2D eigenvalue weighted by atomic mass is 32.2. The highest BCUT2D eigenvalue weighted by Gasteiger charge is 2.24. The van der Waals surface area contributed by atoms with E-state index in [1.54, 1.807) is 11.8 Å². The fourth-order valence-corrected chi connectivity index (χ4v) is 2.67. The fourth-order valence-electron chi connectivity index (χ4n) is 1.13. The first kappa shape index (κ1) is 11.7. The lowest BCUT2D eigenvalue weighted by molar-refractivity contribution is -0.117. The lowest BCUT2D eigenvalue weighted by Crippen LogP contribution is -2.37. The largest absolute Gasteiger partial charge is 0.299 e. The Bertz CT molecular complexity index is 380. The van der Waals surface area contributed by atoms with E-state index in [2.05, 4.69) is 20.8 Å². The van der Waals surface area contributed by atoms with E-state index in [1.165, 1.54) is 0 Å². The van der Waals surface area contributed by atoms with Crippen molar-refractivity contribution in [2.75, 3.05) is 16.9 Å². The number of amides is 1. The summed E-state index contributed by atoms with van der Waals surface area (Å²) in [4.78, 5) is 11.6. The molecule has 0 saturated carbocycles. The maximum Gasteiger partial charge on any atom is 0.291 e. The number of rotatable bonds is 3. The SMILES string of the molecule is O=C(Nc1nnc(C(F)F)s1)C1CSCN1. The summed E-state index contributed by atoms with van der Waals surface area (Å²) in [7, 11) is 0. The van der Waals surface area contributed by atoms with Crippen LogP contribution in [0.1, 0.15) is 11.4 Å². The minimum Gasteiger partial charge on any atom is -0.299 e. The summed E-state index contributed by atoms with van der Waals surface area (Å²) in [5.74, 6) is 1.13. The van der Waals surface area contributed by atoms with Gasteiger partial charge in [-0.05, 0) is 0 Å². The molecule has 2 N–H and O–H groups in total. The molecule has 1 aromatic heterocycles. The predicted molar refractivity (Wildman–Crippen MR) is 57.7 cm³/mol. The number of halogens is 2. The maximum absolute atomic E-state index is 12.2. The zero-order chi connectivity index (χ0) is 11.5. The van der Waals surface area contributed by atoms with Crippen molar-refractivity contribution in [1.29, 1.82) is 0 Å². The number of nitrogens with one attached hydrogen (secondary N) is 2. The summed E-state index contributed by atoms with van der Waals surface area (Å²) in [6.45, 7) is 0. The van der Waals surface area contributed by atoms with E-state index in [-0.39, 0.29) is 22.1 Å². The summed E-state index contributed by atoms with van der Waals surface area (Å²) < 4.78 is 24.4. The van der Waals surface area contributed by atoms with Crippen molar-refractivity contribution >= 4 is 34.1 Å². The van der Waals surface area contributed by atoms with Crippen LogP contribution in [0.3, 0.4) is 0 Å². The van der Waals surface area contributed by atoms with Gasteiger partial charge in [-0.25, -0.2) is 8.78 Å². The van der Waals surface area contributed by atoms with Crippen LogP contribution in [0.15, 0.2) is 0 Å². The molecule has 88 valence electrons. The number of alkyl halides is 2. The van der Waals surface area contributed by atoms with Gasteiger partial charge in [-0.2, -0.15) is 0 Å². The van der Waals surface area contributed by atoms with E-state index in [1.807, 2.05) is 0 Å². The Morgan fingerprint density at radius 2 is 2.38 bits per heavy atom. The van der Waals surface area contributed by atoms with Gasteiger partial charge >= 0.3 is 0 Å². The van der Waals surface area contributed by atoms with Gasteiger partial charge in [0.2, 0.25) is 11.0 Å². The third kappa shape index (κ3) is 2.66. The Labute approximate surface area is 98.0 Å². The summed E-state index contributed by atoms with van der Waals surface area (Å²) in [6.07, 6.45) is -2.65. The molecular formula is C7H8F2N4OS2. The molecule has 1 unspecified atom stereocenters. The lowest BCUT2D eigenvalue weighted by Gasteiger charge is -2.06. The van der Waals surface area contributed by atoms with Crippen LogP contribution in [0.25, 0.3) is 0 Å². The van der Waals surface area contributed by atoms with E-state index in [9.17, 15) is 13.6 Å². The molecule has 1 aliphatic rings. The zero-order valence-electron chi connectivity index (χ0n) is 7.94. The zero-order valence-corrected chi connectivity index (χ0v) is 9.58. The third-order valence-corrected chi connectivity index (χ3v) is 3.68. The number of thioether (sulfide) groups is 1. The van der Waals surface area contributed by atoms with Gasteiger partial charge < -0.3 is 0 Å². The predicted octanol–water partition coefficient (Wildman–Crippen LogP) is 1.08. The van der Waals surface area contributed by atoms with Crippen LogP contribution in [0.2, 0.25) is 0 Å². The van der Waals surface area contributed by atoms with Crippen molar-refractivity contribution < 1.29 is 13.6 Å². The van der Waals surface area contributed by atoms with Gasteiger partial charge in [0.15, 0.2) is 5.01 Å². The van der Waals surface area contributed by atoms with Gasteiger partial charge in [-0.3, -0.25) is 15.4 Å². The maximum atomic E-state index is 12.2. The molecule has 5 nitrogen and oxygen atoms in total. The van der Waals surface area contributed by atoms with Crippen molar-refractivity contribution in [3.05, 3.63) is 5.01 Å². The molecule has 1 saturated heterocycles. The van der Waals surface area contributed by atoms with Gasteiger partial charge in [-0.1, -0.05) is 11.3 Å². The van der Waals surface area contributed by atoms with E-state index < -0.39 is 6.43 Å². The standard InChI is InChI=1S/C7H8F2N4OS2/c8-4(9)6-12-13-7(16-6)11-5(14)3-1-15-2-10-3/h3-4,10H,1-2H2,(H,11,13,14). The Kier molecular flexibility index (Phi) is 3.66. The van der Waals surface area contributed by atoms with Crippen molar-refractivity contribution in [2.45, 2.75) is 12.5 Å². The summed E-state index contributed by atoms with van der Waals surface area (Å²) in [5, 5.41) is 11.9. The Morgan fingerprint density at radius 1 is 1.56 bits per heavy atom. The molecule has 0 bridgehead atoms. The van der Waals surface area contributed by atoms with Crippen LogP contribution in [-0.4, -0.2) is 33.8 Å². The Morgan fingerprint density at radius 3 is 2.94 bits per heavy atom. The van der Waals surface area contributed by atoms with Crippen LogP contribution in [0.5, 0.6) is 0 Å². The van der Waals surface area contributed by atoms with Gasteiger partial charge in [-0.15, -0.1) is 22.0 Å². The van der Waals surface area contributed by atoms with Gasteiger partial charge in [0.05, 0.1) is 6.04 Å². The smallest absolute Gasteiger partial charge is 0.291 e. The highest BCUT2D eigenvalue weighted by Crippen LogP contribution is 2.25. The number of hydrogen-bond donors (Lipinski definition) is 2. The topological polar surface area (TPSA) is 66.9 Å². The van der Waals surface area contributed by atoms with Crippen LogP contribution in [0, 0.1) is 0 Å². The first-order valence-electron chi connectivity index (χ1n) is 4.40. The van der Waals surface area contributed by atoms with Crippen LogP contribution in [-0.2, 0) is 4.79 Å². The molecule has 2 rings (SSSR count). The molecule has 1 fully saturated rings. The summed E-state index contributed by atoms with van der Waals surface area (Å²) in [5.41, 5.74) is 0. The van der Waals surface area contributed by atoms with Crippen LogP contribution >= 0.6 is 23.1 Å². The average Bonchev–Trinajstić information content (AvgIpc) is 2.87. The van der Waals surface area contributed by atoms with Crippen LogP contribution < -0.4 is 10.6 Å². The molecule has 1 atom stereocenters. The minimum atomic E-state index is -2.65. The minimum absolute atomic E-state index is 0.110. The van der Waals surface area contributed by atoms with E-state index in [0.29, 0.717) is 17.1 Å². The second kappa shape index (κ2) is 5.02. The molecule has 0 radical (unpaired) electrons. The van der Waals surface area contributed by atoms with E-state index >= 15 is 0 Å². The van der Waals surface area contributed by atoms with Gasteiger partial charge in [0.25, 0.3) is 6.43 Å². The normalized spacial score (nSPS) is 20.3. The quantitative estimate of drug-likeness (QED) is 0.857. The molecule has 1 aliphatic heterocycles. The van der Waals surface area contributed by atoms with Crippen molar-refractivity contribution in [3.8, 4) is 0 Å². The van der Waals surface area contributed by atoms with Crippen LogP contribution in [0.4, 0.5) is 13.9 Å². The molecule has 9 heteroatoms. The number of anilines is 1. The number of nitrogens with zero attached hydrogens (tertiary/aromatic N) is 2. The molecule has 1 amide bonds. The molecule has 2 heterocycles. The number of hydrogen-bond acceptors (Lipinski definition) is 6. The highest BCUT2D eigenvalue weighted by molar-refractivity contribution is 7.99. The average molecular weight is 266 g/mol. The second-order valence-corrected chi connectivity index (χ2v) is 5.05. The molecule has 16 heavy (non-hydrogen) atoms. The number of aromatic nitrogens is 2. The first-order chi connectivity index (χ1) is 7.66. The Balaban J connectivity index is 1.95. The van der Waals surface area contributed by atoms with E-state index in [0.717, 1.165) is 5.88 Å². The van der Waals surface area contributed by atoms with E-state index in [4.69, 9.17) is 0 Å². The molecule has 0 spiro atoms. The molecule has 0 aromatic carbocycles. The summed E-state index contributed by atoms with van der Waals surface area (Å²) >= 11 is 2.30. The second-order valence-electron chi connectivity index (χ2n) is 3.01. The number of carbonyl (C=O) groups is 1. The number of carbonyl (C=O) groups excluding carboxylic acids is 1. The van der Waals surface area contributed by atoms with Crippen molar-refractivity contribution in [3.63, 3.8) is 0 Å². The first-order valence-corrected chi connectivity index (χ1v) is 6.37. The Hall–Kier alpha value is -0.800. The van der Waals surface area contributed by atoms with Crippen molar-refractivity contribution in [2.24, 2.45) is 0 Å². The summed E-state index contributed by atoms with van der Waals surface area (Å²) in [6, 6.07) is -0.288. The fraction of sp³-hybridized carbons (Fsp3) is 0.571. The third-order valence-electron chi connectivity index (χ3n) is 1.89. The lowest BCUT2D eigenvalue weighted by atomic mass is 10.3. The van der Waals surface area contributed by atoms with Crippen molar-refractivity contribution in [1.82, 2.24) is 15.5 Å². The molecule has 1 aromatic rings. The van der Waals surface area contributed by atoms with Gasteiger partial charge in [0, 0.05) is 11.6 Å². The monoisotopic (exact) mass is 266 g/mol.